The molecule has 112 valence electrons. The van der Waals surface area contributed by atoms with Crippen molar-refractivity contribution < 1.29 is 9.53 Å². The molecule has 0 aliphatic heterocycles. The van der Waals surface area contributed by atoms with Gasteiger partial charge >= 0.3 is 0 Å². The molecule has 2 rings (SSSR count). The van der Waals surface area contributed by atoms with Gasteiger partial charge < -0.3 is 10.1 Å². The summed E-state index contributed by atoms with van der Waals surface area (Å²) < 4.78 is 5.54. The molecule has 1 aromatic carbocycles. The third kappa shape index (κ3) is 4.92. The molecule has 2 aromatic rings. The van der Waals surface area contributed by atoms with E-state index in [0.29, 0.717) is 22.0 Å². The lowest BCUT2D eigenvalue weighted by Crippen LogP contribution is -2.12. The standard InChI is InChI=1S/C15H15ClN2O2.ClH/c1-10(2)20-14-4-3-12(9-13(14)16)18-15(19)11-5-7-17-8-6-11;/h3-10H,1-2H3,(H,18,19);1H. The molecule has 21 heavy (non-hydrogen) atoms. The molecule has 1 N–H and O–H groups in total. The van der Waals surface area contributed by atoms with Gasteiger partial charge in [0.2, 0.25) is 0 Å². The van der Waals surface area contributed by atoms with Crippen LogP contribution in [-0.2, 0) is 0 Å². The molecule has 0 unspecified atom stereocenters. The van der Waals surface area contributed by atoms with Gasteiger partial charge in [0.15, 0.2) is 0 Å². The number of hydrogen-bond acceptors (Lipinski definition) is 3. The molecule has 0 fully saturated rings. The van der Waals surface area contributed by atoms with Crippen molar-refractivity contribution in [3.8, 4) is 5.75 Å². The monoisotopic (exact) mass is 326 g/mol. The molecular formula is C15H16Cl2N2O2. The van der Waals surface area contributed by atoms with Gasteiger partial charge in [-0.2, -0.15) is 0 Å². The summed E-state index contributed by atoms with van der Waals surface area (Å²) in [5.41, 5.74) is 1.16. The Morgan fingerprint density at radius 2 is 1.90 bits per heavy atom. The lowest BCUT2D eigenvalue weighted by atomic mass is 10.2. The summed E-state index contributed by atoms with van der Waals surface area (Å²) in [7, 11) is 0. The molecule has 0 atom stereocenters. The molecular weight excluding hydrogens is 311 g/mol. The van der Waals surface area contributed by atoms with Crippen molar-refractivity contribution in [2.24, 2.45) is 0 Å². The van der Waals surface area contributed by atoms with Crippen LogP contribution in [0.5, 0.6) is 5.75 Å². The van der Waals surface area contributed by atoms with E-state index >= 15 is 0 Å². The first-order valence-electron chi connectivity index (χ1n) is 6.24. The van der Waals surface area contributed by atoms with E-state index in [9.17, 15) is 4.79 Å². The fraction of sp³-hybridized carbons (Fsp3) is 0.200. The topological polar surface area (TPSA) is 51.2 Å². The predicted molar refractivity (Wildman–Crippen MR) is 86.7 cm³/mol. The van der Waals surface area contributed by atoms with E-state index in [-0.39, 0.29) is 24.4 Å². The average Bonchev–Trinajstić information content (AvgIpc) is 2.42. The second-order valence-corrected chi connectivity index (χ2v) is 4.91. The van der Waals surface area contributed by atoms with Gasteiger partial charge in [0.05, 0.1) is 11.1 Å². The zero-order chi connectivity index (χ0) is 14.5. The number of hydrogen-bond donors (Lipinski definition) is 1. The molecule has 6 heteroatoms. The van der Waals surface area contributed by atoms with Crippen molar-refractivity contribution in [1.82, 2.24) is 4.98 Å². The highest BCUT2D eigenvalue weighted by Crippen LogP contribution is 2.28. The fourth-order valence-corrected chi connectivity index (χ4v) is 1.86. The molecule has 0 spiro atoms. The first-order valence-corrected chi connectivity index (χ1v) is 6.61. The van der Waals surface area contributed by atoms with E-state index in [0.717, 1.165) is 0 Å². The number of ether oxygens (including phenoxy) is 1. The third-order valence-electron chi connectivity index (χ3n) is 2.49. The van der Waals surface area contributed by atoms with Crippen LogP contribution in [0.4, 0.5) is 5.69 Å². The lowest BCUT2D eigenvalue weighted by Gasteiger charge is -2.12. The summed E-state index contributed by atoms with van der Waals surface area (Å²) in [5, 5.41) is 3.24. The summed E-state index contributed by atoms with van der Waals surface area (Å²) in [6, 6.07) is 8.45. The molecule has 1 aromatic heterocycles. The maximum absolute atomic E-state index is 12.0. The summed E-state index contributed by atoms with van der Waals surface area (Å²) in [6.07, 6.45) is 3.19. The smallest absolute Gasteiger partial charge is 0.255 e. The quantitative estimate of drug-likeness (QED) is 0.916. The largest absolute Gasteiger partial charge is 0.489 e. The van der Waals surface area contributed by atoms with Gasteiger partial charge in [0.25, 0.3) is 5.91 Å². The Labute approximate surface area is 134 Å². The minimum Gasteiger partial charge on any atom is -0.489 e. The second-order valence-electron chi connectivity index (χ2n) is 4.50. The number of pyridine rings is 1. The minimum atomic E-state index is -0.207. The number of anilines is 1. The van der Waals surface area contributed by atoms with Crippen LogP contribution >= 0.6 is 24.0 Å². The molecule has 0 radical (unpaired) electrons. The van der Waals surface area contributed by atoms with Crippen LogP contribution in [0.3, 0.4) is 0 Å². The van der Waals surface area contributed by atoms with Crippen LogP contribution in [0, 0.1) is 0 Å². The maximum atomic E-state index is 12.0. The fourth-order valence-electron chi connectivity index (χ4n) is 1.63. The van der Waals surface area contributed by atoms with Crippen molar-refractivity contribution in [1.29, 1.82) is 0 Å². The number of aromatic nitrogens is 1. The Bertz CT molecular complexity index is 604. The summed E-state index contributed by atoms with van der Waals surface area (Å²) in [5.74, 6) is 0.393. The maximum Gasteiger partial charge on any atom is 0.255 e. The Morgan fingerprint density at radius 3 is 2.48 bits per heavy atom. The van der Waals surface area contributed by atoms with Crippen LogP contribution < -0.4 is 10.1 Å². The van der Waals surface area contributed by atoms with Crippen molar-refractivity contribution in [2.45, 2.75) is 20.0 Å². The van der Waals surface area contributed by atoms with Crippen molar-refractivity contribution >= 4 is 35.6 Å². The molecule has 4 nitrogen and oxygen atoms in total. The first-order chi connectivity index (χ1) is 9.56. The van der Waals surface area contributed by atoms with E-state index in [1.165, 1.54) is 0 Å². The van der Waals surface area contributed by atoms with Crippen molar-refractivity contribution in [3.05, 3.63) is 53.3 Å². The molecule has 1 amide bonds. The second kappa shape index (κ2) is 7.86. The van der Waals surface area contributed by atoms with Gasteiger partial charge in [-0.25, -0.2) is 0 Å². The third-order valence-corrected chi connectivity index (χ3v) is 2.79. The number of benzene rings is 1. The van der Waals surface area contributed by atoms with Gasteiger partial charge in [-0.1, -0.05) is 11.6 Å². The Balaban J connectivity index is 0.00000220. The van der Waals surface area contributed by atoms with Crippen LogP contribution in [0.15, 0.2) is 42.7 Å². The number of nitrogens with zero attached hydrogens (tertiary/aromatic N) is 1. The van der Waals surface area contributed by atoms with Crippen LogP contribution in [-0.4, -0.2) is 17.0 Å². The Morgan fingerprint density at radius 1 is 1.24 bits per heavy atom. The molecule has 1 heterocycles. The van der Waals surface area contributed by atoms with Gasteiger partial charge in [-0.3, -0.25) is 9.78 Å². The number of carbonyl (C=O) groups excluding carboxylic acids is 1. The van der Waals surface area contributed by atoms with E-state index in [4.69, 9.17) is 16.3 Å². The van der Waals surface area contributed by atoms with Gasteiger partial charge in [0, 0.05) is 23.6 Å². The molecule has 0 aliphatic carbocycles. The molecule has 0 saturated heterocycles. The van der Waals surface area contributed by atoms with Gasteiger partial charge in [-0.05, 0) is 44.2 Å². The SMILES string of the molecule is CC(C)Oc1ccc(NC(=O)c2ccncc2)cc1Cl.Cl. The van der Waals surface area contributed by atoms with Crippen LogP contribution in [0.25, 0.3) is 0 Å². The van der Waals surface area contributed by atoms with E-state index < -0.39 is 0 Å². The van der Waals surface area contributed by atoms with Crippen LogP contribution in [0.2, 0.25) is 5.02 Å². The van der Waals surface area contributed by atoms with Crippen molar-refractivity contribution in [2.75, 3.05) is 5.32 Å². The zero-order valence-corrected chi connectivity index (χ0v) is 13.2. The number of amides is 1. The summed E-state index contributed by atoms with van der Waals surface area (Å²) in [6.45, 7) is 3.85. The molecule has 0 saturated carbocycles. The van der Waals surface area contributed by atoms with E-state index in [2.05, 4.69) is 10.3 Å². The first kappa shape index (κ1) is 17.3. The van der Waals surface area contributed by atoms with E-state index in [1.54, 1.807) is 42.7 Å². The Kier molecular flexibility index (Phi) is 6.46. The number of nitrogens with one attached hydrogen (secondary N) is 1. The summed E-state index contributed by atoms with van der Waals surface area (Å²) in [4.78, 5) is 15.8. The minimum absolute atomic E-state index is 0. The average molecular weight is 327 g/mol. The van der Waals surface area contributed by atoms with E-state index in [1.807, 2.05) is 13.8 Å². The molecule has 0 aliphatic rings. The van der Waals surface area contributed by atoms with Gasteiger partial charge in [-0.15, -0.1) is 12.4 Å². The highest BCUT2D eigenvalue weighted by atomic mass is 35.5. The highest BCUT2D eigenvalue weighted by molar-refractivity contribution is 6.32. The summed E-state index contributed by atoms with van der Waals surface area (Å²) >= 11 is 6.12. The number of halogens is 2. The number of carbonyl (C=O) groups is 1. The normalized spacial score (nSPS) is 9.90. The lowest BCUT2D eigenvalue weighted by molar-refractivity contribution is 0.102. The van der Waals surface area contributed by atoms with Crippen LogP contribution in [0.1, 0.15) is 24.2 Å². The zero-order valence-electron chi connectivity index (χ0n) is 11.7. The molecule has 0 bridgehead atoms. The van der Waals surface area contributed by atoms with Gasteiger partial charge in [0.1, 0.15) is 5.75 Å². The van der Waals surface area contributed by atoms with Crippen molar-refractivity contribution in [3.63, 3.8) is 0 Å². The number of rotatable bonds is 4. The predicted octanol–water partition coefficient (Wildman–Crippen LogP) is 4.20. The Hall–Kier alpha value is -1.78. The highest BCUT2D eigenvalue weighted by Gasteiger charge is 2.08.